The molecule has 0 aliphatic heterocycles. The summed E-state index contributed by atoms with van der Waals surface area (Å²) in [5.74, 6) is -1.17. The van der Waals surface area contributed by atoms with Crippen LogP contribution in [0, 0.1) is 11.3 Å². The summed E-state index contributed by atoms with van der Waals surface area (Å²) in [6.07, 6.45) is 0.0305. The minimum Gasteiger partial charge on any atom is -0.478 e. The van der Waals surface area contributed by atoms with Crippen molar-refractivity contribution in [2.24, 2.45) is 0 Å². The van der Waals surface area contributed by atoms with E-state index >= 15 is 0 Å². The van der Waals surface area contributed by atoms with Gasteiger partial charge in [0, 0.05) is 13.0 Å². The molecule has 2 aromatic carbocycles. The van der Waals surface area contributed by atoms with Crippen molar-refractivity contribution in [2.45, 2.75) is 11.3 Å². The normalized spacial score (nSPS) is 11.4. The number of carbonyl (C=O) groups is 1. The molecule has 27 heavy (non-hydrogen) atoms. The monoisotopic (exact) mass is 402 g/mol. The van der Waals surface area contributed by atoms with E-state index in [1.807, 2.05) is 6.07 Å². The Bertz CT molecular complexity index is 1180. The summed E-state index contributed by atoms with van der Waals surface area (Å²) in [7, 11) is -3.87. The standard InChI is InChI=1S/C17H14N4O4S2/c18-6-1-7-20-27(24,25)11-3-4-12(16(22)23)13(9-11)10-2-5-14-15(8-10)26-17(19)21-14/h2-5,8-9,20H,1,7H2,(H2,19,21)(H,22,23). The van der Waals surface area contributed by atoms with Gasteiger partial charge in [-0.15, -0.1) is 0 Å². The number of nitriles is 1. The smallest absolute Gasteiger partial charge is 0.336 e. The van der Waals surface area contributed by atoms with Crippen LogP contribution in [0.25, 0.3) is 21.3 Å². The zero-order chi connectivity index (χ0) is 19.6. The first-order chi connectivity index (χ1) is 12.8. The quantitative estimate of drug-likeness (QED) is 0.537. The minimum atomic E-state index is -3.87. The van der Waals surface area contributed by atoms with Gasteiger partial charge in [0.2, 0.25) is 10.0 Å². The van der Waals surface area contributed by atoms with Gasteiger partial charge in [0.1, 0.15) is 0 Å². The molecule has 138 valence electrons. The fraction of sp³-hybridized carbons (Fsp3) is 0.118. The second-order valence-electron chi connectivity index (χ2n) is 5.55. The highest BCUT2D eigenvalue weighted by Gasteiger charge is 2.19. The number of aromatic nitrogens is 1. The number of nitrogens with zero attached hydrogens (tertiary/aromatic N) is 2. The van der Waals surface area contributed by atoms with Crippen LogP contribution in [0.1, 0.15) is 16.8 Å². The molecule has 0 unspecified atom stereocenters. The van der Waals surface area contributed by atoms with E-state index in [2.05, 4.69) is 9.71 Å². The number of carboxylic acid groups (broad SMARTS) is 1. The number of carboxylic acids is 1. The summed E-state index contributed by atoms with van der Waals surface area (Å²) >= 11 is 1.26. The number of fused-ring (bicyclic) bond motifs is 1. The van der Waals surface area contributed by atoms with Gasteiger partial charge in [-0.3, -0.25) is 0 Å². The van der Waals surface area contributed by atoms with Crippen LogP contribution < -0.4 is 10.5 Å². The van der Waals surface area contributed by atoms with Gasteiger partial charge in [-0.2, -0.15) is 5.26 Å². The van der Waals surface area contributed by atoms with E-state index in [-0.39, 0.29) is 29.0 Å². The first-order valence-electron chi connectivity index (χ1n) is 7.72. The molecule has 0 bridgehead atoms. The van der Waals surface area contributed by atoms with Gasteiger partial charge < -0.3 is 10.8 Å². The molecule has 0 radical (unpaired) electrons. The van der Waals surface area contributed by atoms with E-state index in [0.29, 0.717) is 16.2 Å². The predicted octanol–water partition coefficient (Wildman–Crippen LogP) is 2.44. The zero-order valence-electron chi connectivity index (χ0n) is 13.8. The fourth-order valence-electron chi connectivity index (χ4n) is 2.55. The number of nitrogens with one attached hydrogen (secondary N) is 1. The highest BCUT2D eigenvalue weighted by Crippen LogP contribution is 2.32. The molecule has 0 saturated heterocycles. The topological polar surface area (TPSA) is 146 Å². The summed E-state index contributed by atoms with van der Waals surface area (Å²) in [5.41, 5.74) is 7.16. The van der Waals surface area contributed by atoms with E-state index in [4.69, 9.17) is 11.0 Å². The minimum absolute atomic E-state index is 0.0252. The fourth-order valence-corrected chi connectivity index (χ4v) is 4.38. The lowest BCUT2D eigenvalue weighted by molar-refractivity contribution is 0.0697. The van der Waals surface area contributed by atoms with E-state index in [9.17, 15) is 18.3 Å². The Balaban J connectivity index is 2.11. The number of anilines is 1. The molecule has 0 amide bonds. The maximum Gasteiger partial charge on any atom is 0.336 e. The third-order valence-corrected chi connectivity index (χ3v) is 6.08. The van der Waals surface area contributed by atoms with Crippen LogP contribution in [0.15, 0.2) is 41.3 Å². The average molecular weight is 402 g/mol. The molecule has 0 spiro atoms. The second kappa shape index (κ2) is 7.32. The third-order valence-electron chi connectivity index (χ3n) is 3.78. The van der Waals surface area contributed by atoms with Crippen molar-refractivity contribution >= 4 is 42.7 Å². The molecule has 8 nitrogen and oxygen atoms in total. The van der Waals surface area contributed by atoms with Crippen LogP contribution in [-0.4, -0.2) is 31.0 Å². The van der Waals surface area contributed by atoms with Crippen LogP contribution in [0.5, 0.6) is 0 Å². The van der Waals surface area contributed by atoms with Crippen LogP contribution >= 0.6 is 11.3 Å². The molecule has 3 rings (SSSR count). The molecule has 4 N–H and O–H groups in total. The Kier molecular flexibility index (Phi) is 5.09. The summed E-state index contributed by atoms with van der Waals surface area (Å²) in [4.78, 5) is 15.7. The number of nitrogens with two attached hydrogens (primary N) is 1. The number of benzene rings is 2. The summed E-state index contributed by atoms with van der Waals surface area (Å²) < 4.78 is 27.9. The number of sulfonamides is 1. The molecule has 0 aliphatic rings. The summed E-state index contributed by atoms with van der Waals surface area (Å²) in [6, 6.07) is 10.7. The van der Waals surface area contributed by atoms with Crippen LogP contribution in [-0.2, 0) is 10.0 Å². The van der Waals surface area contributed by atoms with Crippen molar-refractivity contribution in [2.75, 3.05) is 12.3 Å². The Labute approximate surface area is 158 Å². The SMILES string of the molecule is N#CCCNS(=O)(=O)c1ccc(C(=O)O)c(-c2ccc3nc(N)sc3c2)c1. The molecular weight excluding hydrogens is 388 g/mol. The highest BCUT2D eigenvalue weighted by atomic mass is 32.2. The lowest BCUT2D eigenvalue weighted by Gasteiger charge is -2.11. The van der Waals surface area contributed by atoms with E-state index in [0.717, 1.165) is 4.70 Å². The average Bonchev–Trinajstić information content (AvgIpc) is 3.00. The third kappa shape index (κ3) is 3.90. The molecule has 0 saturated carbocycles. The van der Waals surface area contributed by atoms with Crippen molar-refractivity contribution in [1.29, 1.82) is 5.26 Å². The van der Waals surface area contributed by atoms with Gasteiger partial charge >= 0.3 is 5.97 Å². The number of hydrogen-bond acceptors (Lipinski definition) is 7. The molecule has 0 atom stereocenters. The van der Waals surface area contributed by atoms with Crippen molar-refractivity contribution in [1.82, 2.24) is 9.71 Å². The maximum atomic E-state index is 12.4. The Morgan fingerprint density at radius 2 is 2.07 bits per heavy atom. The molecule has 1 aromatic heterocycles. The van der Waals surface area contributed by atoms with Crippen molar-refractivity contribution in [3.63, 3.8) is 0 Å². The van der Waals surface area contributed by atoms with Gasteiger partial charge in [-0.05, 0) is 41.5 Å². The van der Waals surface area contributed by atoms with Gasteiger partial charge in [-0.25, -0.2) is 22.9 Å². The van der Waals surface area contributed by atoms with Gasteiger partial charge in [-0.1, -0.05) is 17.4 Å². The van der Waals surface area contributed by atoms with Crippen LogP contribution in [0.2, 0.25) is 0 Å². The Hall–Kier alpha value is -3.00. The van der Waals surface area contributed by atoms with E-state index in [1.165, 1.54) is 29.5 Å². The molecular formula is C17H14N4O4S2. The van der Waals surface area contributed by atoms with E-state index in [1.54, 1.807) is 18.2 Å². The second-order valence-corrected chi connectivity index (χ2v) is 8.38. The number of thiazole rings is 1. The first-order valence-corrected chi connectivity index (χ1v) is 10.0. The summed E-state index contributed by atoms with van der Waals surface area (Å²) in [6.45, 7) is -0.0268. The van der Waals surface area contributed by atoms with Gasteiger partial charge in [0.05, 0.1) is 26.7 Å². The highest BCUT2D eigenvalue weighted by molar-refractivity contribution is 7.89. The Morgan fingerprint density at radius 3 is 2.78 bits per heavy atom. The lowest BCUT2D eigenvalue weighted by Crippen LogP contribution is -2.24. The lowest BCUT2D eigenvalue weighted by atomic mass is 9.99. The number of nitrogen functional groups attached to an aromatic ring is 1. The largest absolute Gasteiger partial charge is 0.478 e. The number of rotatable bonds is 6. The van der Waals surface area contributed by atoms with Crippen molar-refractivity contribution < 1.29 is 18.3 Å². The molecule has 10 heteroatoms. The number of hydrogen-bond donors (Lipinski definition) is 3. The zero-order valence-corrected chi connectivity index (χ0v) is 15.5. The Morgan fingerprint density at radius 1 is 1.30 bits per heavy atom. The first kappa shape index (κ1) is 18.8. The molecule has 0 fully saturated rings. The van der Waals surface area contributed by atoms with Gasteiger partial charge in [0.25, 0.3) is 0 Å². The number of aromatic carboxylic acids is 1. The molecule has 3 aromatic rings. The molecule has 0 aliphatic carbocycles. The van der Waals surface area contributed by atoms with Gasteiger partial charge in [0.15, 0.2) is 5.13 Å². The maximum absolute atomic E-state index is 12.4. The van der Waals surface area contributed by atoms with Crippen molar-refractivity contribution in [3.05, 3.63) is 42.0 Å². The molecule has 1 heterocycles. The van der Waals surface area contributed by atoms with Crippen LogP contribution in [0.3, 0.4) is 0 Å². The predicted molar refractivity (Wildman–Crippen MR) is 102 cm³/mol. The summed E-state index contributed by atoms with van der Waals surface area (Å²) in [5, 5.41) is 18.4. The van der Waals surface area contributed by atoms with E-state index < -0.39 is 16.0 Å². The van der Waals surface area contributed by atoms with Crippen LogP contribution in [0.4, 0.5) is 5.13 Å². The van der Waals surface area contributed by atoms with Crippen molar-refractivity contribution in [3.8, 4) is 17.2 Å².